The van der Waals surface area contributed by atoms with Crippen molar-refractivity contribution in [3.8, 4) is 0 Å². The van der Waals surface area contributed by atoms with Gasteiger partial charge in [0.1, 0.15) is 0 Å². The number of hydrogen-bond donors (Lipinski definition) is 1. The fourth-order valence-electron chi connectivity index (χ4n) is 3.15. The minimum Gasteiger partial charge on any atom is -0.341 e. The molecule has 1 unspecified atom stereocenters. The van der Waals surface area contributed by atoms with E-state index in [1.165, 1.54) is 37.7 Å². The first kappa shape index (κ1) is 12.9. The number of rotatable bonds is 4. The Hall–Kier alpha value is -1.16. The van der Waals surface area contributed by atoms with Crippen LogP contribution in [0.15, 0.2) is 12.4 Å². The third kappa shape index (κ3) is 2.89. The molecule has 0 aromatic carbocycles. The maximum atomic E-state index is 4.59. The van der Waals surface area contributed by atoms with E-state index in [0.717, 1.165) is 37.4 Å². The lowest BCUT2D eigenvalue weighted by molar-refractivity contribution is 0.398. The molecule has 2 aliphatic rings. The van der Waals surface area contributed by atoms with Gasteiger partial charge in [0, 0.05) is 25.5 Å². The minimum absolute atomic E-state index is 0.729. The van der Waals surface area contributed by atoms with Crippen molar-refractivity contribution in [3.05, 3.63) is 18.0 Å². The highest BCUT2D eigenvalue weighted by Crippen LogP contribution is 2.35. The molecule has 104 valence electrons. The molecular weight excluding hydrogens is 236 g/mol. The number of nitrogens with zero attached hydrogens (tertiary/aromatic N) is 3. The highest BCUT2D eigenvalue weighted by molar-refractivity contribution is 5.31. The van der Waals surface area contributed by atoms with Gasteiger partial charge in [0.2, 0.25) is 5.95 Å². The molecule has 1 aliphatic heterocycles. The third-order valence-electron chi connectivity index (χ3n) is 4.53. The highest BCUT2D eigenvalue weighted by atomic mass is 15.3. The highest BCUT2D eigenvalue weighted by Gasteiger charge is 2.23. The molecule has 2 fully saturated rings. The monoisotopic (exact) mass is 260 g/mol. The van der Waals surface area contributed by atoms with Gasteiger partial charge in [-0.25, -0.2) is 9.97 Å². The van der Waals surface area contributed by atoms with Gasteiger partial charge in [-0.3, -0.25) is 0 Å². The van der Waals surface area contributed by atoms with Gasteiger partial charge < -0.3 is 10.2 Å². The van der Waals surface area contributed by atoms with Gasteiger partial charge in [0.25, 0.3) is 0 Å². The molecule has 0 spiro atoms. The lowest BCUT2D eigenvalue weighted by Gasteiger charge is -2.33. The average Bonchev–Trinajstić information content (AvgIpc) is 2.38. The van der Waals surface area contributed by atoms with Crippen LogP contribution in [-0.4, -0.2) is 36.6 Å². The lowest BCUT2D eigenvalue weighted by atomic mass is 9.81. The molecule has 1 saturated heterocycles. The Bertz CT molecular complexity index is 397. The second-order valence-electron chi connectivity index (χ2n) is 5.96. The van der Waals surface area contributed by atoms with Crippen molar-refractivity contribution in [3.63, 3.8) is 0 Å². The van der Waals surface area contributed by atoms with Crippen LogP contribution >= 0.6 is 0 Å². The number of nitrogens with one attached hydrogen (secondary N) is 1. The molecule has 0 radical (unpaired) electrons. The van der Waals surface area contributed by atoms with E-state index in [1.807, 2.05) is 19.4 Å². The van der Waals surface area contributed by atoms with Gasteiger partial charge in [-0.15, -0.1) is 0 Å². The number of piperidine rings is 1. The number of anilines is 1. The summed E-state index contributed by atoms with van der Waals surface area (Å²) in [5.74, 6) is 2.38. The molecule has 1 saturated carbocycles. The topological polar surface area (TPSA) is 41.0 Å². The molecule has 1 N–H and O–H groups in total. The molecular formula is C15H24N4. The zero-order valence-electron chi connectivity index (χ0n) is 11.8. The molecule has 19 heavy (non-hydrogen) atoms. The zero-order chi connectivity index (χ0) is 13.1. The smallest absolute Gasteiger partial charge is 0.225 e. The molecule has 0 bridgehead atoms. The summed E-state index contributed by atoms with van der Waals surface area (Å²) in [6, 6.07) is 0. The summed E-state index contributed by atoms with van der Waals surface area (Å²) in [5, 5.41) is 3.28. The summed E-state index contributed by atoms with van der Waals surface area (Å²) >= 11 is 0. The van der Waals surface area contributed by atoms with Gasteiger partial charge in [-0.05, 0) is 56.7 Å². The predicted octanol–water partition coefficient (Wildman–Crippen LogP) is 2.18. The van der Waals surface area contributed by atoms with Gasteiger partial charge in [-0.1, -0.05) is 6.42 Å². The van der Waals surface area contributed by atoms with E-state index < -0.39 is 0 Å². The Labute approximate surface area is 115 Å². The number of hydrogen-bond acceptors (Lipinski definition) is 4. The SMILES string of the molecule is CNCC1CCCN(c2ncc(C3CCC3)cn2)C1. The Kier molecular flexibility index (Phi) is 3.97. The van der Waals surface area contributed by atoms with Gasteiger partial charge >= 0.3 is 0 Å². The van der Waals surface area contributed by atoms with Crippen molar-refractivity contribution >= 4 is 5.95 Å². The van der Waals surface area contributed by atoms with Crippen molar-refractivity contribution in [2.45, 2.75) is 38.0 Å². The van der Waals surface area contributed by atoms with Crippen molar-refractivity contribution in [2.24, 2.45) is 5.92 Å². The molecule has 1 aliphatic carbocycles. The van der Waals surface area contributed by atoms with Gasteiger partial charge in [0.15, 0.2) is 0 Å². The molecule has 4 heteroatoms. The summed E-state index contributed by atoms with van der Waals surface area (Å²) in [7, 11) is 2.03. The first-order valence-corrected chi connectivity index (χ1v) is 7.58. The Morgan fingerprint density at radius 2 is 2.00 bits per heavy atom. The Morgan fingerprint density at radius 3 is 2.63 bits per heavy atom. The van der Waals surface area contributed by atoms with Gasteiger partial charge in [0.05, 0.1) is 0 Å². The fraction of sp³-hybridized carbons (Fsp3) is 0.733. The number of aromatic nitrogens is 2. The van der Waals surface area contributed by atoms with Crippen LogP contribution in [0.25, 0.3) is 0 Å². The average molecular weight is 260 g/mol. The predicted molar refractivity (Wildman–Crippen MR) is 77.5 cm³/mol. The first-order chi connectivity index (χ1) is 9.36. The molecule has 4 nitrogen and oxygen atoms in total. The van der Waals surface area contributed by atoms with Crippen LogP contribution in [0.1, 0.15) is 43.6 Å². The standard InChI is InChI=1S/C15H24N4/c1-16-8-12-4-3-7-19(11-12)15-17-9-14(10-18-15)13-5-2-6-13/h9-10,12-13,16H,2-8,11H2,1H3. The summed E-state index contributed by atoms with van der Waals surface area (Å²) < 4.78 is 0. The van der Waals surface area contributed by atoms with E-state index >= 15 is 0 Å². The summed E-state index contributed by atoms with van der Waals surface area (Å²) in [4.78, 5) is 11.5. The second-order valence-corrected chi connectivity index (χ2v) is 5.96. The normalized spacial score (nSPS) is 24.3. The van der Waals surface area contributed by atoms with Crippen molar-refractivity contribution < 1.29 is 0 Å². The Morgan fingerprint density at radius 1 is 1.21 bits per heavy atom. The lowest BCUT2D eigenvalue weighted by Crippen LogP contribution is -2.39. The minimum atomic E-state index is 0.729. The van der Waals surface area contributed by atoms with E-state index in [-0.39, 0.29) is 0 Å². The van der Waals surface area contributed by atoms with Crippen LogP contribution in [0.3, 0.4) is 0 Å². The van der Waals surface area contributed by atoms with E-state index in [2.05, 4.69) is 20.2 Å². The zero-order valence-corrected chi connectivity index (χ0v) is 11.8. The summed E-state index contributed by atoms with van der Waals surface area (Å²) in [6.07, 6.45) is 10.7. The fourth-order valence-corrected chi connectivity index (χ4v) is 3.15. The largest absolute Gasteiger partial charge is 0.341 e. The molecule has 3 rings (SSSR count). The van der Waals surface area contributed by atoms with E-state index in [0.29, 0.717) is 0 Å². The van der Waals surface area contributed by atoms with Crippen LogP contribution in [-0.2, 0) is 0 Å². The van der Waals surface area contributed by atoms with E-state index in [1.54, 1.807) is 0 Å². The van der Waals surface area contributed by atoms with Crippen LogP contribution < -0.4 is 10.2 Å². The van der Waals surface area contributed by atoms with E-state index in [4.69, 9.17) is 0 Å². The van der Waals surface area contributed by atoms with Crippen LogP contribution in [0.2, 0.25) is 0 Å². The Balaban J connectivity index is 1.64. The quantitative estimate of drug-likeness (QED) is 0.901. The molecule has 2 heterocycles. The maximum Gasteiger partial charge on any atom is 0.225 e. The van der Waals surface area contributed by atoms with Gasteiger partial charge in [-0.2, -0.15) is 0 Å². The van der Waals surface area contributed by atoms with Crippen LogP contribution in [0.5, 0.6) is 0 Å². The van der Waals surface area contributed by atoms with E-state index in [9.17, 15) is 0 Å². The van der Waals surface area contributed by atoms with Crippen molar-refractivity contribution in [2.75, 3.05) is 31.6 Å². The first-order valence-electron chi connectivity index (χ1n) is 7.58. The van der Waals surface area contributed by atoms with Crippen molar-refractivity contribution in [1.82, 2.24) is 15.3 Å². The van der Waals surface area contributed by atoms with Crippen molar-refractivity contribution in [1.29, 1.82) is 0 Å². The molecule has 1 atom stereocenters. The third-order valence-corrected chi connectivity index (χ3v) is 4.53. The molecule has 0 amide bonds. The molecule has 1 aromatic rings. The maximum absolute atomic E-state index is 4.59. The molecule has 1 aromatic heterocycles. The van der Waals surface area contributed by atoms with Crippen LogP contribution in [0.4, 0.5) is 5.95 Å². The summed E-state index contributed by atoms with van der Waals surface area (Å²) in [6.45, 7) is 3.28. The van der Waals surface area contributed by atoms with Crippen LogP contribution in [0, 0.1) is 5.92 Å². The summed E-state index contributed by atoms with van der Waals surface area (Å²) in [5.41, 5.74) is 1.33. The second kappa shape index (κ2) is 5.87.